The SMILES string of the molecule is COCCN1CC2(CCC1=O)CCN(C(=O)c1ccc3[nH]ccc3c1)CC2. The molecule has 0 bridgehead atoms. The fraction of sp³-hybridized carbons (Fsp3) is 0.524. The van der Waals surface area contributed by atoms with Crippen molar-refractivity contribution in [1.29, 1.82) is 0 Å². The van der Waals surface area contributed by atoms with Gasteiger partial charge in [0.1, 0.15) is 0 Å². The van der Waals surface area contributed by atoms with Gasteiger partial charge in [-0.2, -0.15) is 0 Å². The van der Waals surface area contributed by atoms with Crippen LogP contribution >= 0.6 is 0 Å². The third kappa shape index (κ3) is 3.58. The summed E-state index contributed by atoms with van der Waals surface area (Å²) in [5.74, 6) is 0.340. The zero-order valence-corrected chi connectivity index (χ0v) is 15.9. The van der Waals surface area contributed by atoms with Gasteiger partial charge < -0.3 is 19.5 Å². The Morgan fingerprint density at radius 1 is 1.22 bits per heavy atom. The molecule has 4 rings (SSSR count). The maximum atomic E-state index is 12.9. The van der Waals surface area contributed by atoms with Crippen molar-refractivity contribution in [2.45, 2.75) is 25.7 Å². The lowest BCUT2D eigenvalue weighted by Crippen LogP contribution is -2.52. The highest BCUT2D eigenvalue weighted by Crippen LogP contribution is 2.40. The smallest absolute Gasteiger partial charge is 0.253 e. The summed E-state index contributed by atoms with van der Waals surface area (Å²) in [4.78, 5) is 32.2. The van der Waals surface area contributed by atoms with Crippen LogP contribution in [0.2, 0.25) is 0 Å². The molecular weight excluding hydrogens is 342 g/mol. The first-order valence-corrected chi connectivity index (χ1v) is 9.73. The summed E-state index contributed by atoms with van der Waals surface area (Å²) in [6, 6.07) is 7.82. The van der Waals surface area contributed by atoms with Gasteiger partial charge in [-0.15, -0.1) is 0 Å². The number of ether oxygens (including phenoxy) is 1. The van der Waals surface area contributed by atoms with Crippen molar-refractivity contribution in [3.8, 4) is 0 Å². The predicted octanol–water partition coefficient (Wildman–Crippen LogP) is 2.66. The topological polar surface area (TPSA) is 65.6 Å². The van der Waals surface area contributed by atoms with Gasteiger partial charge in [-0.25, -0.2) is 0 Å². The highest BCUT2D eigenvalue weighted by molar-refractivity contribution is 5.98. The summed E-state index contributed by atoms with van der Waals surface area (Å²) in [6.07, 6.45) is 5.36. The van der Waals surface area contributed by atoms with Crippen molar-refractivity contribution in [2.24, 2.45) is 5.41 Å². The minimum atomic E-state index is 0.107. The molecule has 1 spiro atoms. The maximum absolute atomic E-state index is 12.9. The summed E-state index contributed by atoms with van der Waals surface area (Å²) in [7, 11) is 1.67. The first-order valence-electron chi connectivity index (χ1n) is 9.73. The number of H-pyrrole nitrogens is 1. The molecule has 2 aliphatic heterocycles. The number of fused-ring (bicyclic) bond motifs is 1. The molecule has 27 heavy (non-hydrogen) atoms. The first kappa shape index (κ1) is 18.0. The minimum Gasteiger partial charge on any atom is -0.383 e. The number of rotatable bonds is 4. The average Bonchev–Trinajstić information content (AvgIpc) is 3.17. The quantitative estimate of drug-likeness (QED) is 0.901. The van der Waals surface area contributed by atoms with E-state index in [0.717, 1.165) is 55.4 Å². The lowest BCUT2D eigenvalue weighted by molar-refractivity contribution is -0.139. The van der Waals surface area contributed by atoms with E-state index < -0.39 is 0 Å². The van der Waals surface area contributed by atoms with Gasteiger partial charge in [0.15, 0.2) is 0 Å². The Hall–Kier alpha value is -2.34. The Bertz CT molecular complexity index is 836. The molecule has 1 aromatic carbocycles. The molecule has 0 atom stereocenters. The van der Waals surface area contributed by atoms with Crippen LogP contribution in [0.4, 0.5) is 0 Å². The highest BCUT2D eigenvalue weighted by Gasteiger charge is 2.41. The van der Waals surface area contributed by atoms with E-state index in [9.17, 15) is 9.59 Å². The fourth-order valence-corrected chi connectivity index (χ4v) is 4.47. The molecule has 2 fully saturated rings. The molecule has 1 N–H and O–H groups in total. The van der Waals surface area contributed by atoms with Gasteiger partial charge in [-0.1, -0.05) is 0 Å². The molecule has 0 unspecified atom stereocenters. The van der Waals surface area contributed by atoms with Crippen LogP contribution in [-0.4, -0.2) is 66.5 Å². The number of methoxy groups -OCH3 is 1. The predicted molar refractivity (Wildman–Crippen MR) is 104 cm³/mol. The Morgan fingerprint density at radius 3 is 2.81 bits per heavy atom. The number of nitrogens with zero attached hydrogens (tertiary/aromatic N) is 2. The largest absolute Gasteiger partial charge is 0.383 e. The van der Waals surface area contributed by atoms with Gasteiger partial charge in [0, 0.05) is 62.4 Å². The number of nitrogens with one attached hydrogen (secondary N) is 1. The van der Waals surface area contributed by atoms with E-state index in [1.165, 1.54) is 0 Å². The van der Waals surface area contributed by atoms with E-state index in [1.54, 1.807) is 7.11 Å². The zero-order chi connectivity index (χ0) is 18.9. The van der Waals surface area contributed by atoms with Gasteiger partial charge >= 0.3 is 0 Å². The summed E-state index contributed by atoms with van der Waals surface area (Å²) in [5, 5.41) is 1.06. The molecule has 0 saturated carbocycles. The number of carbonyl (C=O) groups excluding carboxylic acids is 2. The molecule has 2 aliphatic rings. The van der Waals surface area contributed by atoms with E-state index >= 15 is 0 Å². The molecule has 144 valence electrons. The van der Waals surface area contributed by atoms with Gasteiger partial charge in [-0.05, 0) is 48.9 Å². The second kappa shape index (κ2) is 7.35. The number of hydrogen-bond donors (Lipinski definition) is 1. The standard InChI is InChI=1S/C21H27N3O3/c1-27-13-12-24-15-21(6-4-19(24)25)7-10-23(11-8-21)20(26)17-2-3-18-16(14-17)5-9-22-18/h2-3,5,9,14,22H,4,6-8,10-13,15H2,1H3. The summed E-state index contributed by atoms with van der Waals surface area (Å²) < 4.78 is 5.14. The van der Waals surface area contributed by atoms with E-state index in [-0.39, 0.29) is 17.2 Å². The average molecular weight is 369 g/mol. The molecule has 6 nitrogen and oxygen atoms in total. The maximum Gasteiger partial charge on any atom is 0.253 e. The highest BCUT2D eigenvalue weighted by atomic mass is 16.5. The first-order chi connectivity index (χ1) is 13.1. The number of carbonyl (C=O) groups is 2. The molecule has 6 heteroatoms. The normalized spacial score (nSPS) is 19.8. The number of hydrogen-bond acceptors (Lipinski definition) is 3. The molecule has 3 heterocycles. The van der Waals surface area contributed by atoms with Crippen LogP contribution in [0.3, 0.4) is 0 Å². The van der Waals surface area contributed by atoms with Crippen molar-refractivity contribution in [1.82, 2.24) is 14.8 Å². The second-order valence-electron chi connectivity index (χ2n) is 7.88. The number of piperidine rings is 2. The van der Waals surface area contributed by atoms with Gasteiger partial charge in [0.2, 0.25) is 5.91 Å². The van der Waals surface area contributed by atoms with Gasteiger partial charge in [0.25, 0.3) is 5.91 Å². The number of aromatic amines is 1. The lowest BCUT2D eigenvalue weighted by Gasteiger charge is -2.47. The monoisotopic (exact) mass is 369 g/mol. The van der Waals surface area contributed by atoms with Crippen LogP contribution in [0.25, 0.3) is 10.9 Å². The fourth-order valence-electron chi connectivity index (χ4n) is 4.47. The second-order valence-corrected chi connectivity index (χ2v) is 7.88. The zero-order valence-electron chi connectivity index (χ0n) is 15.9. The van der Waals surface area contributed by atoms with Crippen LogP contribution in [0, 0.1) is 5.41 Å². The Morgan fingerprint density at radius 2 is 2.04 bits per heavy atom. The van der Waals surface area contributed by atoms with Gasteiger partial charge in [-0.3, -0.25) is 9.59 Å². The minimum absolute atomic E-state index is 0.107. The summed E-state index contributed by atoms with van der Waals surface area (Å²) in [5.41, 5.74) is 1.95. The van der Waals surface area contributed by atoms with E-state index in [0.29, 0.717) is 19.6 Å². The molecule has 0 aliphatic carbocycles. The van der Waals surface area contributed by atoms with Crippen molar-refractivity contribution < 1.29 is 14.3 Å². The Labute approximate surface area is 159 Å². The Balaban J connectivity index is 1.40. The molecule has 1 aromatic heterocycles. The number of benzene rings is 1. The molecule has 2 amide bonds. The third-order valence-electron chi connectivity index (χ3n) is 6.23. The molecule has 2 saturated heterocycles. The summed E-state index contributed by atoms with van der Waals surface area (Å²) >= 11 is 0. The van der Waals surface area contributed by atoms with Crippen LogP contribution in [0.5, 0.6) is 0 Å². The Kier molecular flexibility index (Phi) is 4.91. The molecular formula is C21H27N3O3. The van der Waals surface area contributed by atoms with Crippen molar-refractivity contribution in [3.63, 3.8) is 0 Å². The van der Waals surface area contributed by atoms with Crippen LogP contribution in [0.15, 0.2) is 30.5 Å². The van der Waals surface area contributed by atoms with Crippen molar-refractivity contribution >= 4 is 22.7 Å². The van der Waals surface area contributed by atoms with E-state index in [1.807, 2.05) is 40.3 Å². The summed E-state index contributed by atoms with van der Waals surface area (Å²) in [6.45, 7) is 3.56. The van der Waals surface area contributed by atoms with Crippen LogP contribution < -0.4 is 0 Å². The number of amides is 2. The van der Waals surface area contributed by atoms with E-state index in [2.05, 4.69) is 4.98 Å². The number of aromatic nitrogens is 1. The van der Waals surface area contributed by atoms with Crippen LogP contribution in [0.1, 0.15) is 36.0 Å². The molecule has 2 aromatic rings. The molecule has 0 radical (unpaired) electrons. The van der Waals surface area contributed by atoms with Gasteiger partial charge in [0.05, 0.1) is 6.61 Å². The number of likely N-dealkylation sites (tertiary alicyclic amines) is 2. The van der Waals surface area contributed by atoms with Crippen LogP contribution in [-0.2, 0) is 9.53 Å². The van der Waals surface area contributed by atoms with Crippen molar-refractivity contribution in [3.05, 3.63) is 36.0 Å². The van der Waals surface area contributed by atoms with Crippen molar-refractivity contribution in [2.75, 3.05) is 39.9 Å². The van der Waals surface area contributed by atoms with E-state index in [4.69, 9.17) is 4.74 Å². The third-order valence-corrected chi connectivity index (χ3v) is 6.23. The lowest BCUT2D eigenvalue weighted by atomic mass is 9.72.